The molecule has 2 fully saturated rings. The summed E-state index contributed by atoms with van der Waals surface area (Å²) >= 11 is 0. The van der Waals surface area contributed by atoms with Crippen molar-refractivity contribution in [1.82, 2.24) is 14.9 Å². The summed E-state index contributed by atoms with van der Waals surface area (Å²) in [4.78, 5) is 23.6. The van der Waals surface area contributed by atoms with Crippen LogP contribution in [0.4, 0.5) is 5.82 Å². The van der Waals surface area contributed by atoms with Gasteiger partial charge in [-0.15, -0.1) is 0 Å². The minimum atomic E-state index is -0.805. The number of amides is 1. The summed E-state index contributed by atoms with van der Waals surface area (Å²) in [5.74, 6) is 1.55. The van der Waals surface area contributed by atoms with Crippen LogP contribution < -0.4 is 5.32 Å². The molecule has 6 heteroatoms. The number of nitrogens with zero attached hydrogens (tertiary/aromatic N) is 3. The Morgan fingerprint density at radius 1 is 1.33 bits per heavy atom. The van der Waals surface area contributed by atoms with Crippen molar-refractivity contribution < 1.29 is 9.90 Å². The molecule has 1 saturated carbocycles. The molecule has 6 nitrogen and oxygen atoms in total. The molecule has 1 aromatic heterocycles. The van der Waals surface area contributed by atoms with Crippen LogP contribution in [0.25, 0.3) is 0 Å². The van der Waals surface area contributed by atoms with Gasteiger partial charge in [-0.2, -0.15) is 0 Å². The van der Waals surface area contributed by atoms with Crippen LogP contribution in [-0.4, -0.2) is 45.1 Å². The molecule has 2 heterocycles. The van der Waals surface area contributed by atoms with Crippen LogP contribution in [-0.2, 0) is 4.79 Å². The summed E-state index contributed by atoms with van der Waals surface area (Å²) in [6.07, 6.45) is 6.83. The van der Waals surface area contributed by atoms with Crippen LogP contribution in [0.3, 0.4) is 0 Å². The fraction of sp³-hybridized carbons (Fsp3) is 0.722. The van der Waals surface area contributed by atoms with E-state index in [9.17, 15) is 9.90 Å². The van der Waals surface area contributed by atoms with Gasteiger partial charge in [-0.25, -0.2) is 9.97 Å². The Labute approximate surface area is 143 Å². The lowest BCUT2D eigenvalue weighted by Crippen LogP contribution is -2.40. The van der Waals surface area contributed by atoms with Crippen LogP contribution in [0, 0.1) is 6.92 Å². The van der Waals surface area contributed by atoms with Gasteiger partial charge in [-0.3, -0.25) is 4.79 Å². The lowest BCUT2D eigenvalue weighted by molar-refractivity contribution is -0.138. The van der Waals surface area contributed by atoms with Crippen molar-refractivity contribution in [3.8, 4) is 0 Å². The van der Waals surface area contributed by atoms with Crippen molar-refractivity contribution in [2.75, 3.05) is 18.9 Å². The van der Waals surface area contributed by atoms with Crippen LogP contribution in [0.15, 0.2) is 6.07 Å². The molecule has 0 unspecified atom stereocenters. The third kappa shape index (κ3) is 3.69. The average Bonchev–Trinajstić information content (AvgIpc) is 3.04. The number of anilines is 1. The summed E-state index contributed by atoms with van der Waals surface area (Å²) < 4.78 is 0. The molecule has 1 aliphatic heterocycles. The minimum absolute atomic E-state index is 0.00140. The van der Waals surface area contributed by atoms with Gasteiger partial charge in [0, 0.05) is 19.7 Å². The summed E-state index contributed by atoms with van der Waals surface area (Å²) in [6.45, 7) is 2.62. The second-order valence-electron chi connectivity index (χ2n) is 7.18. The fourth-order valence-electron chi connectivity index (χ4n) is 4.03. The van der Waals surface area contributed by atoms with E-state index in [1.54, 1.807) is 0 Å². The van der Waals surface area contributed by atoms with E-state index in [4.69, 9.17) is 0 Å². The van der Waals surface area contributed by atoms with E-state index in [0.717, 1.165) is 63.0 Å². The SMILES string of the molecule is CNc1cc([C@@H]2CCCN2C(=O)CC2(O)CCCCC2)nc(C)n1. The average molecular weight is 332 g/mol. The van der Waals surface area contributed by atoms with Gasteiger partial charge in [-0.05, 0) is 32.6 Å². The predicted molar refractivity (Wildman–Crippen MR) is 92.7 cm³/mol. The number of aryl methyl sites for hydroxylation is 1. The molecule has 1 atom stereocenters. The van der Waals surface area contributed by atoms with Crippen molar-refractivity contribution in [1.29, 1.82) is 0 Å². The molecule has 1 saturated heterocycles. The fourth-order valence-corrected chi connectivity index (χ4v) is 4.03. The molecule has 3 rings (SSSR count). The van der Waals surface area contributed by atoms with E-state index >= 15 is 0 Å². The predicted octanol–water partition coefficient (Wildman–Crippen LogP) is 2.58. The second-order valence-corrected chi connectivity index (χ2v) is 7.18. The number of rotatable bonds is 4. The quantitative estimate of drug-likeness (QED) is 0.886. The molecule has 0 spiro atoms. The number of nitrogens with one attached hydrogen (secondary N) is 1. The maximum Gasteiger partial charge on any atom is 0.226 e. The number of hydrogen-bond donors (Lipinski definition) is 2. The Kier molecular flexibility index (Phi) is 5.04. The molecule has 0 radical (unpaired) electrons. The van der Waals surface area contributed by atoms with Gasteiger partial charge in [0.25, 0.3) is 0 Å². The third-order valence-electron chi connectivity index (χ3n) is 5.29. The van der Waals surface area contributed by atoms with Gasteiger partial charge < -0.3 is 15.3 Å². The van der Waals surface area contributed by atoms with Gasteiger partial charge in [0.15, 0.2) is 0 Å². The first-order valence-corrected chi connectivity index (χ1v) is 9.06. The molecule has 2 aliphatic rings. The summed E-state index contributed by atoms with van der Waals surface area (Å²) in [5, 5.41) is 13.8. The summed E-state index contributed by atoms with van der Waals surface area (Å²) in [7, 11) is 1.84. The van der Waals surface area contributed by atoms with Gasteiger partial charge in [-0.1, -0.05) is 19.3 Å². The zero-order chi connectivity index (χ0) is 17.2. The summed E-state index contributed by atoms with van der Waals surface area (Å²) in [6, 6.07) is 1.93. The van der Waals surface area contributed by atoms with Crippen LogP contribution in [0.2, 0.25) is 0 Å². The van der Waals surface area contributed by atoms with Crippen molar-refractivity contribution in [2.24, 2.45) is 0 Å². The van der Waals surface area contributed by atoms with E-state index in [1.165, 1.54) is 0 Å². The third-order valence-corrected chi connectivity index (χ3v) is 5.29. The standard InChI is InChI=1S/C18H28N4O2/c1-13-20-14(11-16(19-2)21-13)15-7-6-10-22(15)17(23)12-18(24)8-4-3-5-9-18/h11,15,24H,3-10,12H2,1-2H3,(H,19,20,21)/t15-/m0/s1. The largest absolute Gasteiger partial charge is 0.389 e. The lowest BCUT2D eigenvalue weighted by atomic mass is 9.82. The molecule has 0 aromatic carbocycles. The Balaban J connectivity index is 1.75. The Hall–Kier alpha value is -1.69. The number of aromatic nitrogens is 2. The smallest absolute Gasteiger partial charge is 0.226 e. The van der Waals surface area contributed by atoms with E-state index in [2.05, 4.69) is 15.3 Å². The first-order valence-electron chi connectivity index (χ1n) is 9.06. The van der Waals surface area contributed by atoms with Crippen molar-refractivity contribution in [3.05, 3.63) is 17.6 Å². The number of carbonyl (C=O) groups is 1. The number of hydrogen-bond acceptors (Lipinski definition) is 5. The molecule has 1 aliphatic carbocycles. The van der Waals surface area contributed by atoms with Crippen LogP contribution >= 0.6 is 0 Å². The van der Waals surface area contributed by atoms with E-state index < -0.39 is 5.60 Å². The number of likely N-dealkylation sites (tertiary alicyclic amines) is 1. The number of aliphatic hydroxyl groups is 1. The van der Waals surface area contributed by atoms with E-state index in [1.807, 2.05) is 24.9 Å². The highest BCUT2D eigenvalue weighted by atomic mass is 16.3. The van der Waals surface area contributed by atoms with Gasteiger partial charge in [0.1, 0.15) is 11.6 Å². The van der Waals surface area contributed by atoms with Crippen LogP contribution in [0.1, 0.15) is 68.9 Å². The topological polar surface area (TPSA) is 78.4 Å². The Bertz CT molecular complexity index is 599. The Morgan fingerprint density at radius 2 is 2.08 bits per heavy atom. The normalized spacial score (nSPS) is 23.3. The van der Waals surface area contributed by atoms with Crippen LogP contribution in [0.5, 0.6) is 0 Å². The highest BCUT2D eigenvalue weighted by molar-refractivity contribution is 5.78. The zero-order valence-electron chi connectivity index (χ0n) is 14.7. The molecule has 1 amide bonds. The highest BCUT2D eigenvalue weighted by Crippen LogP contribution is 2.36. The molecular formula is C18H28N4O2. The van der Waals surface area contributed by atoms with Crippen molar-refractivity contribution >= 4 is 11.7 Å². The van der Waals surface area contributed by atoms with E-state index in [-0.39, 0.29) is 18.4 Å². The van der Waals surface area contributed by atoms with Gasteiger partial charge >= 0.3 is 0 Å². The van der Waals surface area contributed by atoms with Gasteiger partial charge in [0.2, 0.25) is 5.91 Å². The molecule has 24 heavy (non-hydrogen) atoms. The molecule has 2 N–H and O–H groups in total. The molecule has 132 valence electrons. The first-order chi connectivity index (χ1) is 11.5. The molecule has 0 bridgehead atoms. The Morgan fingerprint density at radius 3 is 2.79 bits per heavy atom. The van der Waals surface area contributed by atoms with Crippen molar-refractivity contribution in [2.45, 2.75) is 69.9 Å². The first kappa shape index (κ1) is 17.1. The summed E-state index contributed by atoms with van der Waals surface area (Å²) in [5.41, 5.74) is 0.0912. The zero-order valence-corrected chi connectivity index (χ0v) is 14.7. The van der Waals surface area contributed by atoms with Gasteiger partial charge in [0.05, 0.1) is 23.8 Å². The molecule has 1 aromatic rings. The maximum atomic E-state index is 12.8. The molecular weight excluding hydrogens is 304 g/mol. The maximum absolute atomic E-state index is 12.8. The second kappa shape index (κ2) is 7.05. The number of carbonyl (C=O) groups excluding carboxylic acids is 1. The highest BCUT2D eigenvalue weighted by Gasteiger charge is 2.37. The monoisotopic (exact) mass is 332 g/mol. The van der Waals surface area contributed by atoms with E-state index in [0.29, 0.717) is 5.82 Å². The lowest BCUT2D eigenvalue weighted by Gasteiger charge is -2.34. The minimum Gasteiger partial charge on any atom is -0.389 e. The van der Waals surface area contributed by atoms with Crippen molar-refractivity contribution in [3.63, 3.8) is 0 Å².